The van der Waals surface area contributed by atoms with Crippen molar-refractivity contribution in [2.45, 2.75) is 13.0 Å². The van der Waals surface area contributed by atoms with Gasteiger partial charge in [0.05, 0.1) is 19.7 Å². The standard InChI is InChI=1S/C24H28N2O3/c1-18(22-10-6-8-19-7-4-5-9-23(19)22)25-24(27)17-26(2)15-16-29-21-13-11-20(28-3)12-14-21/h4-14,18H,15-17H2,1-3H3,(H,25,27). The third kappa shape index (κ3) is 5.72. The third-order valence-corrected chi connectivity index (χ3v) is 4.88. The summed E-state index contributed by atoms with van der Waals surface area (Å²) in [7, 11) is 3.55. The van der Waals surface area contributed by atoms with Crippen LogP contribution in [0.2, 0.25) is 0 Å². The lowest BCUT2D eigenvalue weighted by atomic mass is 10.00. The van der Waals surface area contributed by atoms with Crippen LogP contribution < -0.4 is 14.8 Å². The number of likely N-dealkylation sites (N-methyl/N-ethyl adjacent to an activating group) is 1. The van der Waals surface area contributed by atoms with Gasteiger partial charge in [-0.15, -0.1) is 0 Å². The summed E-state index contributed by atoms with van der Waals surface area (Å²) in [5.74, 6) is 1.58. The lowest BCUT2D eigenvalue weighted by Gasteiger charge is -2.20. The predicted octanol–water partition coefficient (Wildman–Crippen LogP) is 4.04. The molecule has 0 aromatic heterocycles. The minimum Gasteiger partial charge on any atom is -0.497 e. The van der Waals surface area contributed by atoms with Crippen LogP contribution in [0.4, 0.5) is 0 Å². The molecule has 152 valence electrons. The summed E-state index contributed by atoms with van der Waals surface area (Å²) in [6, 6.07) is 21.8. The third-order valence-electron chi connectivity index (χ3n) is 4.88. The molecule has 1 amide bonds. The Morgan fingerprint density at radius 2 is 1.69 bits per heavy atom. The van der Waals surface area contributed by atoms with Gasteiger partial charge in [-0.1, -0.05) is 42.5 Å². The molecule has 5 heteroatoms. The van der Waals surface area contributed by atoms with E-state index in [2.05, 4.69) is 29.6 Å². The molecule has 0 saturated heterocycles. The van der Waals surface area contributed by atoms with Crippen LogP contribution in [0, 0.1) is 0 Å². The van der Waals surface area contributed by atoms with Crippen LogP contribution >= 0.6 is 0 Å². The second kappa shape index (κ2) is 9.94. The zero-order valence-corrected chi connectivity index (χ0v) is 17.2. The summed E-state index contributed by atoms with van der Waals surface area (Å²) < 4.78 is 10.9. The number of methoxy groups -OCH3 is 1. The maximum absolute atomic E-state index is 12.5. The summed E-state index contributed by atoms with van der Waals surface area (Å²) in [6.45, 7) is 3.50. The summed E-state index contributed by atoms with van der Waals surface area (Å²) in [5.41, 5.74) is 1.13. The van der Waals surface area contributed by atoms with E-state index in [4.69, 9.17) is 9.47 Å². The first-order valence-corrected chi connectivity index (χ1v) is 9.79. The lowest BCUT2D eigenvalue weighted by Crippen LogP contribution is -2.38. The average molecular weight is 392 g/mol. The number of hydrogen-bond donors (Lipinski definition) is 1. The topological polar surface area (TPSA) is 50.8 Å². The maximum Gasteiger partial charge on any atom is 0.234 e. The van der Waals surface area contributed by atoms with Gasteiger partial charge in [0.2, 0.25) is 5.91 Å². The highest BCUT2D eigenvalue weighted by Crippen LogP contribution is 2.24. The fourth-order valence-corrected chi connectivity index (χ4v) is 3.31. The van der Waals surface area contributed by atoms with Crippen LogP contribution in [0.15, 0.2) is 66.7 Å². The number of carbonyl (C=O) groups excluding carboxylic acids is 1. The zero-order chi connectivity index (χ0) is 20.6. The van der Waals surface area contributed by atoms with Gasteiger partial charge in [0, 0.05) is 6.54 Å². The van der Waals surface area contributed by atoms with Gasteiger partial charge in [-0.05, 0) is 54.6 Å². The van der Waals surface area contributed by atoms with E-state index in [1.807, 2.05) is 61.3 Å². The Morgan fingerprint density at radius 3 is 2.45 bits per heavy atom. The molecule has 0 aliphatic carbocycles. The van der Waals surface area contributed by atoms with E-state index in [-0.39, 0.29) is 11.9 Å². The molecule has 3 aromatic rings. The van der Waals surface area contributed by atoms with Crippen molar-refractivity contribution < 1.29 is 14.3 Å². The quantitative estimate of drug-likeness (QED) is 0.597. The van der Waals surface area contributed by atoms with Crippen molar-refractivity contribution in [2.24, 2.45) is 0 Å². The molecule has 0 fully saturated rings. The fraction of sp³-hybridized carbons (Fsp3) is 0.292. The van der Waals surface area contributed by atoms with E-state index < -0.39 is 0 Å². The highest BCUT2D eigenvalue weighted by Gasteiger charge is 2.13. The molecule has 1 atom stereocenters. The first-order valence-electron chi connectivity index (χ1n) is 9.79. The molecule has 1 unspecified atom stereocenters. The summed E-state index contributed by atoms with van der Waals surface area (Å²) in [5, 5.41) is 5.45. The molecule has 29 heavy (non-hydrogen) atoms. The first-order chi connectivity index (χ1) is 14.1. The second-order valence-electron chi connectivity index (χ2n) is 7.12. The molecule has 3 rings (SSSR count). The molecule has 0 heterocycles. The normalized spacial score (nSPS) is 12.0. The van der Waals surface area contributed by atoms with Gasteiger partial charge < -0.3 is 14.8 Å². The molecule has 1 N–H and O–H groups in total. The van der Waals surface area contributed by atoms with Crippen molar-refractivity contribution in [1.29, 1.82) is 0 Å². The average Bonchev–Trinajstić information content (AvgIpc) is 2.73. The molecule has 0 aliphatic rings. The van der Waals surface area contributed by atoms with Crippen LogP contribution in [0.1, 0.15) is 18.5 Å². The first kappa shape index (κ1) is 20.7. The van der Waals surface area contributed by atoms with E-state index in [9.17, 15) is 4.79 Å². The molecule has 3 aromatic carbocycles. The van der Waals surface area contributed by atoms with Gasteiger partial charge >= 0.3 is 0 Å². The molecule has 5 nitrogen and oxygen atoms in total. The van der Waals surface area contributed by atoms with Gasteiger partial charge in [-0.3, -0.25) is 9.69 Å². The van der Waals surface area contributed by atoms with Crippen molar-refractivity contribution in [2.75, 3.05) is 33.9 Å². The minimum atomic E-state index is -0.0578. The Labute approximate surface area is 172 Å². The van der Waals surface area contributed by atoms with E-state index in [0.717, 1.165) is 17.1 Å². The smallest absolute Gasteiger partial charge is 0.234 e. The van der Waals surface area contributed by atoms with Crippen molar-refractivity contribution in [3.63, 3.8) is 0 Å². The number of benzene rings is 3. The number of hydrogen-bond acceptors (Lipinski definition) is 4. The van der Waals surface area contributed by atoms with Crippen LogP contribution in [0.3, 0.4) is 0 Å². The highest BCUT2D eigenvalue weighted by molar-refractivity contribution is 5.87. The number of nitrogens with zero attached hydrogens (tertiary/aromatic N) is 1. The van der Waals surface area contributed by atoms with Gasteiger partial charge in [-0.25, -0.2) is 0 Å². The molecule has 0 aliphatic heterocycles. The highest BCUT2D eigenvalue weighted by atomic mass is 16.5. The minimum absolute atomic E-state index is 0.00242. The number of amides is 1. The van der Waals surface area contributed by atoms with E-state index >= 15 is 0 Å². The van der Waals surface area contributed by atoms with Gasteiger partial charge in [0.15, 0.2) is 0 Å². The second-order valence-corrected chi connectivity index (χ2v) is 7.12. The number of rotatable bonds is 9. The Kier molecular flexibility index (Phi) is 7.09. The monoisotopic (exact) mass is 392 g/mol. The predicted molar refractivity (Wildman–Crippen MR) is 116 cm³/mol. The Hall–Kier alpha value is -3.05. The van der Waals surface area contributed by atoms with E-state index in [1.165, 1.54) is 10.8 Å². The van der Waals surface area contributed by atoms with Gasteiger partial charge in [-0.2, -0.15) is 0 Å². The number of carbonyl (C=O) groups is 1. The molecule has 0 radical (unpaired) electrons. The Balaban J connectivity index is 1.46. The largest absolute Gasteiger partial charge is 0.497 e. The molecule has 0 spiro atoms. The lowest BCUT2D eigenvalue weighted by molar-refractivity contribution is -0.122. The molecule has 0 bridgehead atoms. The van der Waals surface area contributed by atoms with Crippen LogP contribution in [-0.4, -0.2) is 44.7 Å². The Bertz CT molecular complexity index is 935. The van der Waals surface area contributed by atoms with Crippen molar-refractivity contribution in [3.05, 3.63) is 72.3 Å². The van der Waals surface area contributed by atoms with E-state index in [1.54, 1.807) is 7.11 Å². The fourth-order valence-electron chi connectivity index (χ4n) is 3.31. The Morgan fingerprint density at radius 1 is 1.00 bits per heavy atom. The molecular weight excluding hydrogens is 364 g/mol. The van der Waals surface area contributed by atoms with Crippen LogP contribution in [0.5, 0.6) is 11.5 Å². The zero-order valence-electron chi connectivity index (χ0n) is 17.2. The molecule has 0 saturated carbocycles. The maximum atomic E-state index is 12.5. The summed E-state index contributed by atoms with van der Waals surface area (Å²) in [4.78, 5) is 14.4. The SMILES string of the molecule is COc1ccc(OCCN(C)CC(=O)NC(C)c2cccc3ccccc23)cc1. The van der Waals surface area contributed by atoms with Crippen molar-refractivity contribution in [1.82, 2.24) is 10.2 Å². The van der Waals surface area contributed by atoms with Gasteiger partial charge in [0.1, 0.15) is 18.1 Å². The van der Waals surface area contributed by atoms with Crippen LogP contribution in [0.25, 0.3) is 10.8 Å². The summed E-state index contributed by atoms with van der Waals surface area (Å²) in [6.07, 6.45) is 0. The number of ether oxygens (including phenoxy) is 2. The van der Waals surface area contributed by atoms with E-state index in [0.29, 0.717) is 19.7 Å². The van der Waals surface area contributed by atoms with Crippen molar-refractivity contribution >= 4 is 16.7 Å². The van der Waals surface area contributed by atoms with Crippen LogP contribution in [-0.2, 0) is 4.79 Å². The van der Waals surface area contributed by atoms with Gasteiger partial charge in [0.25, 0.3) is 0 Å². The molecular formula is C24H28N2O3. The number of fused-ring (bicyclic) bond motifs is 1. The summed E-state index contributed by atoms with van der Waals surface area (Å²) >= 11 is 0. The van der Waals surface area contributed by atoms with Crippen molar-refractivity contribution in [3.8, 4) is 11.5 Å². The number of nitrogens with one attached hydrogen (secondary N) is 1.